The molecule has 0 aliphatic heterocycles. The van der Waals surface area contributed by atoms with Crippen molar-refractivity contribution in [1.29, 1.82) is 0 Å². The predicted molar refractivity (Wildman–Crippen MR) is 134 cm³/mol. The summed E-state index contributed by atoms with van der Waals surface area (Å²) >= 11 is 6.23. The van der Waals surface area contributed by atoms with Crippen LogP contribution in [0.1, 0.15) is 50.4 Å². The second kappa shape index (κ2) is 9.78. The second-order valence-corrected chi connectivity index (χ2v) is 13.6. The number of aliphatic hydroxyl groups excluding tert-OH is 1. The number of sulfone groups is 1. The van der Waals surface area contributed by atoms with Crippen molar-refractivity contribution >= 4 is 33.0 Å². The minimum Gasteiger partial charge on any atom is -0.388 e. The first-order valence-corrected chi connectivity index (χ1v) is 14.0. The lowest BCUT2D eigenvalue weighted by Gasteiger charge is -2.48. The number of carbonyl (C=O) groups is 1. The van der Waals surface area contributed by atoms with Crippen molar-refractivity contribution in [2.45, 2.75) is 67.5 Å². The van der Waals surface area contributed by atoms with Crippen molar-refractivity contribution in [2.75, 3.05) is 5.32 Å². The lowest BCUT2D eigenvalue weighted by atomic mass is 9.67. The van der Waals surface area contributed by atoms with Gasteiger partial charge in [0.25, 0.3) is 5.91 Å². The number of carbonyl (C=O) groups excluding carboxylic acids is 1. The van der Waals surface area contributed by atoms with Gasteiger partial charge < -0.3 is 20.6 Å². The number of hydrogen-bond donors (Lipinski definition) is 4. The fourth-order valence-corrected chi connectivity index (χ4v) is 8.46. The van der Waals surface area contributed by atoms with E-state index in [9.17, 15) is 41.7 Å². The van der Waals surface area contributed by atoms with E-state index in [-0.39, 0.29) is 39.9 Å². The number of hydrogen-bond acceptors (Lipinski definition) is 6. The molecule has 0 heterocycles. The van der Waals surface area contributed by atoms with E-state index in [1.54, 1.807) is 0 Å². The zero-order valence-electron chi connectivity index (χ0n) is 20.9. The Hall–Kier alpha value is -2.18. The Kier molecular flexibility index (Phi) is 7.42. The molecule has 3 unspecified atom stereocenters. The van der Waals surface area contributed by atoms with Crippen LogP contribution in [-0.4, -0.2) is 52.2 Å². The highest BCUT2D eigenvalue weighted by molar-refractivity contribution is 7.92. The lowest BCUT2D eigenvalue weighted by Crippen LogP contribution is -2.62. The van der Waals surface area contributed by atoms with Crippen LogP contribution >= 0.6 is 11.6 Å². The van der Waals surface area contributed by atoms with Gasteiger partial charge in [0, 0.05) is 23.4 Å². The first-order chi connectivity index (χ1) is 17.5. The van der Waals surface area contributed by atoms with E-state index in [1.165, 1.54) is 26.0 Å². The zero-order chi connectivity index (χ0) is 28.4. The molecule has 2 aliphatic rings. The molecule has 6 atom stereocenters. The maximum Gasteiger partial charge on any atom is 0.255 e. The van der Waals surface area contributed by atoms with E-state index in [4.69, 9.17) is 11.6 Å². The Morgan fingerprint density at radius 3 is 2.29 bits per heavy atom. The molecule has 2 aliphatic carbocycles. The fraction of sp³-hybridized carbons (Fsp3) is 0.500. The van der Waals surface area contributed by atoms with Crippen LogP contribution in [0.2, 0.25) is 5.02 Å². The number of anilines is 1. The smallest absolute Gasteiger partial charge is 0.255 e. The Balaban J connectivity index is 1.62. The maximum absolute atomic E-state index is 13.7. The molecule has 7 nitrogen and oxygen atoms in total. The normalized spacial score (nSPS) is 28.3. The van der Waals surface area contributed by atoms with Crippen LogP contribution in [0, 0.1) is 35.2 Å². The van der Waals surface area contributed by atoms with Gasteiger partial charge in [-0.3, -0.25) is 4.79 Å². The van der Waals surface area contributed by atoms with Gasteiger partial charge >= 0.3 is 0 Å². The Bertz CT molecular complexity index is 1360. The van der Waals surface area contributed by atoms with Crippen molar-refractivity contribution in [3.8, 4) is 0 Å². The van der Waals surface area contributed by atoms with Crippen LogP contribution in [-0.2, 0) is 9.84 Å². The van der Waals surface area contributed by atoms with Crippen molar-refractivity contribution in [2.24, 2.45) is 17.8 Å². The number of fused-ring (bicyclic) bond motifs is 2. The zero-order valence-corrected chi connectivity index (χ0v) is 22.5. The number of aliphatic hydroxyl groups is 3. The molecular weight excluding hydrogens is 547 g/mol. The molecule has 2 bridgehead atoms. The molecular formula is C26H29ClF3NO6S. The van der Waals surface area contributed by atoms with Crippen LogP contribution in [0.5, 0.6) is 0 Å². The molecule has 0 spiro atoms. The third-order valence-electron chi connectivity index (χ3n) is 7.94. The molecule has 0 aromatic heterocycles. The minimum absolute atomic E-state index is 0.00449. The number of nitrogens with one attached hydrogen (secondary N) is 1. The largest absolute Gasteiger partial charge is 0.388 e. The van der Waals surface area contributed by atoms with Gasteiger partial charge in [-0.15, -0.1) is 0 Å². The summed E-state index contributed by atoms with van der Waals surface area (Å²) in [4.78, 5) is 12.4. The summed E-state index contributed by atoms with van der Waals surface area (Å²) in [7, 11) is -4.14. The average molecular weight is 576 g/mol. The summed E-state index contributed by atoms with van der Waals surface area (Å²) in [6, 6.07) is 4.68. The standard InChI is InChI=1S/C26H29ClF3NO6S/c1-12-6-14-8-16(11-17(12)26(14,35)24(33)25(2,3)34)38(36,37)21-7-13(4-5-18(21)27)23(32)31-15-9-19(28)22(30)20(29)10-15/h4-5,7,9-10,12,14,16-17,24,33-35H,6,8,11H2,1-3H3,(H,31,32)/t12-,14?,16+,17?,24?,26-/m0/s1. The van der Waals surface area contributed by atoms with Gasteiger partial charge in [-0.2, -0.15) is 0 Å². The number of rotatable bonds is 6. The van der Waals surface area contributed by atoms with E-state index < -0.39 is 67.6 Å². The third kappa shape index (κ3) is 4.83. The third-order valence-corrected chi connectivity index (χ3v) is 10.6. The number of halogens is 4. The van der Waals surface area contributed by atoms with Gasteiger partial charge in [-0.25, -0.2) is 21.6 Å². The van der Waals surface area contributed by atoms with E-state index in [0.717, 1.165) is 6.07 Å². The van der Waals surface area contributed by atoms with Gasteiger partial charge in [0.1, 0.15) is 6.10 Å². The minimum atomic E-state index is -4.14. The van der Waals surface area contributed by atoms with Gasteiger partial charge in [-0.1, -0.05) is 18.5 Å². The van der Waals surface area contributed by atoms with E-state index >= 15 is 0 Å². The first-order valence-electron chi connectivity index (χ1n) is 12.1. The Morgan fingerprint density at radius 2 is 1.74 bits per heavy atom. The van der Waals surface area contributed by atoms with Crippen LogP contribution < -0.4 is 5.32 Å². The number of benzene rings is 2. The molecule has 4 N–H and O–H groups in total. The van der Waals surface area contributed by atoms with E-state index in [2.05, 4.69) is 5.32 Å². The molecule has 2 aromatic carbocycles. The number of amides is 1. The highest BCUT2D eigenvalue weighted by atomic mass is 35.5. The summed E-state index contributed by atoms with van der Waals surface area (Å²) in [5.41, 5.74) is -3.82. The highest BCUT2D eigenvalue weighted by Gasteiger charge is 2.63. The molecule has 4 rings (SSSR count). The van der Waals surface area contributed by atoms with Crippen molar-refractivity contribution in [1.82, 2.24) is 0 Å². The summed E-state index contributed by atoms with van der Waals surface area (Å²) in [5.74, 6) is -6.94. The molecule has 2 aromatic rings. The van der Waals surface area contributed by atoms with Crippen LogP contribution in [0.25, 0.3) is 0 Å². The molecule has 2 saturated carbocycles. The monoisotopic (exact) mass is 575 g/mol. The van der Waals surface area contributed by atoms with Crippen LogP contribution in [0.15, 0.2) is 35.2 Å². The molecule has 208 valence electrons. The Labute approximate surface area is 223 Å². The second-order valence-electron chi connectivity index (χ2n) is 11.0. The molecule has 0 saturated heterocycles. The maximum atomic E-state index is 13.7. The summed E-state index contributed by atoms with van der Waals surface area (Å²) in [5, 5.41) is 33.8. The quantitative estimate of drug-likeness (QED) is 0.385. The van der Waals surface area contributed by atoms with Crippen molar-refractivity contribution in [3.63, 3.8) is 0 Å². The SMILES string of the molecule is C[C@H]1CC2C[C@@H](S(=O)(=O)c3cc(C(=O)Nc4cc(F)c(F)c(F)c4)ccc3Cl)CC1[C@]2(O)C(O)C(C)(C)O. The van der Waals surface area contributed by atoms with Gasteiger partial charge in [0.15, 0.2) is 27.3 Å². The topological polar surface area (TPSA) is 124 Å². The first kappa shape index (κ1) is 28.8. The molecule has 38 heavy (non-hydrogen) atoms. The van der Waals surface area contributed by atoms with Gasteiger partial charge in [0.05, 0.1) is 26.4 Å². The van der Waals surface area contributed by atoms with Gasteiger partial charge in [0.2, 0.25) is 0 Å². The molecule has 0 radical (unpaired) electrons. The van der Waals surface area contributed by atoms with E-state index in [1.807, 2.05) is 6.92 Å². The van der Waals surface area contributed by atoms with E-state index in [0.29, 0.717) is 18.6 Å². The molecule has 1 amide bonds. The predicted octanol–water partition coefficient (Wildman–Crippen LogP) is 4.08. The summed E-state index contributed by atoms with van der Waals surface area (Å²) in [6.07, 6.45) is -1.02. The van der Waals surface area contributed by atoms with Crippen LogP contribution in [0.4, 0.5) is 18.9 Å². The molecule has 2 fully saturated rings. The fourth-order valence-electron chi connectivity index (χ4n) is 6.08. The Morgan fingerprint density at radius 1 is 1.13 bits per heavy atom. The van der Waals surface area contributed by atoms with Crippen LogP contribution in [0.3, 0.4) is 0 Å². The highest BCUT2D eigenvalue weighted by Crippen LogP contribution is 2.57. The lowest BCUT2D eigenvalue weighted by molar-refractivity contribution is -0.202. The van der Waals surface area contributed by atoms with Gasteiger partial charge in [-0.05, 0) is 69.1 Å². The molecule has 12 heteroatoms. The van der Waals surface area contributed by atoms with Crippen molar-refractivity contribution in [3.05, 3.63) is 58.4 Å². The average Bonchev–Trinajstić information content (AvgIpc) is 2.94. The summed E-state index contributed by atoms with van der Waals surface area (Å²) < 4.78 is 67.7. The summed E-state index contributed by atoms with van der Waals surface area (Å²) in [6.45, 7) is 4.63. The van der Waals surface area contributed by atoms with Crippen molar-refractivity contribution < 1.29 is 41.7 Å².